The van der Waals surface area contributed by atoms with E-state index >= 15 is 0 Å². The van der Waals surface area contributed by atoms with Crippen LogP contribution >= 0.6 is 11.6 Å². The Bertz CT molecular complexity index is 554. The van der Waals surface area contributed by atoms with Crippen molar-refractivity contribution in [2.24, 2.45) is 5.92 Å². The first-order valence-corrected chi connectivity index (χ1v) is 5.89. The van der Waals surface area contributed by atoms with Crippen LogP contribution in [-0.4, -0.2) is 10.4 Å². The highest BCUT2D eigenvalue weighted by Crippen LogP contribution is 2.31. The predicted octanol–water partition coefficient (Wildman–Crippen LogP) is 3.27. The minimum absolute atomic E-state index is 0.316. The van der Waals surface area contributed by atoms with Crippen LogP contribution in [0, 0.1) is 5.92 Å². The number of rotatable bonds is 3. The first kappa shape index (κ1) is 9.91. The number of halogens is 1. The summed E-state index contributed by atoms with van der Waals surface area (Å²) in [6.07, 6.45) is 4.10. The number of hydrogen-bond acceptors (Lipinski definition) is 1. The number of hydrogen-bond donors (Lipinski definition) is 0. The van der Waals surface area contributed by atoms with Crippen molar-refractivity contribution in [2.75, 3.05) is 0 Å². The average Bonchev–Trinajstić information content (AvgIpc) is 3.04. The number of Topliss-reactive ketones (excluding diaryl/α,β-unsaturated/α-hetero) is 1. The van der Waals surface area contributed by atoms with Gasteiger partial charge in [0.2, 0.25) is 0 Å². The third kappa shape index (κ3) is 1.74. The Labute approximate surface area is 98.8 Å². The number of benzene rings is 1. The molecule has 1 fully saturated rings. The number of nitrogens with zero attached hydrogens (tertiary/aromatic N) is 1. The fraction of sp³-hybridized carbons (Fsp3) is 0.308. The first-order chi connectivity index (χ1) is 7.74. The predicted molar refractivity (Wildman–Crippen MR) is 64.7 cm³/mol. The number of fused-ring (bicyclic) bond motifs is 1. The Morgan fingerprint density at radius 2 is 2.19 bits per heavy atom. The molecule has 0 aliphatic heterocycles. The van der Waals surface area contributed by atoms with Crippen molar-refractivity contribution in [1.82, 2.24) is 4.57 Å². The maximum atomic E-state index is 11.7. The molecule has 1 aliphatic rings. The smallest absolute Gasteiger partial charge is 0.155 e. The molecule has 0 amide bonds. The fourth-order valence-electron chi connectivity index (χ4n) is 2.00. The molecule has 1 aromatic heterocycles. The Kier molecular flexibility index (Phi) is 2.25. The fourth-order valence-corrected chi connectivity index (χ4v) is 2.16. The zero-order valence-corrected chi connectivity index (χ0v) is 9.57. The van der Waals surface area contributed by atoms with Gasteiger partial charge in [-0.2, -0.15) is 0 Å². The van der Waals surface area contributed by atoms with Crippen molar-refractivity contribution in [1.29, 1.82) is 0 Å². The molecule has 2 aromatic rings. The number of carbonyl (C=O) groups is 1. The Morgan fingerprint density at radius 1 is 1.38 bits per heavy atom. The van der Waals surface area contributed by atoms with Gasteiger partial charge in [-0.1, -0.05) is 17.7 Å². The summed E-state index contributed by atoms with van der Waals surface area (Å²) in [5.74, 6) is 0.661. The molecule has 0 unspecified atom stereocenters. The van der Waals surface area contributed by atoms with Gasteiger partial charge in [-0.25, -0.2) is 0 Å². The van der Waals surface area contributed by atoms with Crippen molar-refractivity contribution in [2.45, 2.75) is 19.4 Å². The topological polar surface area (TPSA) is 22.0 Å². The summed E-state index contributed by atoms with van der Waals surface area (Å²) in [7, 11) is 0. The van der Waals surface area contributed by atoms with Gasteiger partial charge in [-0.05, 0) is 36.4 Å². The third-order valence-electron chi connectivity index (χ3n) is 3.09. The standard InChI is InChI=1S/C13H12ClNO/c14-11-4-3-9-5-6-15(12(9)7-11)8-13(16)10-1-2-10/h3-7,10H,1-2,8H2. The second-order valence-corrected chi connectivity index (χ2v) is 4.82. The molecule has 0 N–H and O–H groups in total. The second kappa shape index (κ2) is 3.63. The van der Waals surface area contributed by atoms with Crippen LogP contribution in [-0.2, 0) is 11.3 Å². The van der Waals surface area contributed by atoms with Crippen LogP contribution < -0.4 is 0 Å². The molecule has 3 rings (SSSR count). The normalized spacial score (nSPS) is 15.6. The molecule has 2 nitrogen and oxygen atoms in total. The third-order valence-corrected chi connectivity index (χ3v) is 3.33. The van der Waals surface area contributed by atoms with E-state index < -0.39 is 0 Å². The largest absolute Gasteiger partial charge is 0.340 e. The van der Waals surface area contributed by atoms with Crippen LogP contribution in [0.4, 0.5) is 0 Å². The van der Waals surface area contributed by atoms with Crippen LogP contribution in [0.2, 0.25) is 5.02 Å². The SMILES string of the molecule is O=C(Cn1ccc2ccc(Cl)cc21)C1CC1. The van der Waals surface area contributed by atoms with Crippen molar-refractivity contribution in [3.63, 3.8) is 0 Å². The van der Waals surface area contributed by atoms with E-state index in [4.69, 9.17) is 11.6 Å². The Balaban J connectivity index is 1.96. The van der Waals surface area contributed by atoms with Crippen molar-refractivity contribution in [3.05, 3.63) is 35.5 Å². The van der Waals surface area contributed by atoms with E-state index in [1.54, 1.807) is 0 Å². The maximum absolute atomic E-state index is 11.7. The van der Waals surface area contributed by atoms with Gasteiger partial charge in [-0.15, -0.1) is 0 Å². The summed E-state index contributed by atoms with van der Waals surface area (Å²) >= 11 is 5.96. The number of ketones is 1. The lowest BCUT2D eigenvalue weighted by Gasteiger charge is -2.04. The van der Waals surface area contributed by atoms with Gasteiger partial charge in [0.15, 0.2) is 5.78 Å². The minimum Gasteiger partial charge on any atom is -0.340 e. The van der Waals surface area contributed by atoms with Crippen LogP contribution in [0.3, 0.4) is 0 Å². The summed E-state index contributed by atoms with van der Waals surface area (Å²) < 4.78 is 1.99. The molecule has 0 radical (unpaired) electrons. The molecular formula is C13H12ClNO. The maximum Gasteiger partial charge on any atom is 0.155 e. The molecule has 0 atom stereocenters. The van der Waals surface area contributed by atoms with Gasteiger partial charge >= 0.3 is 0 Å². The minimum atomic E-state index is 0.316. The highest BCUT2D eigenvalue weighted by molar-refractivity contribution is 6.31. The van der Waals surface area contributed by atoms with E-state index in [9.17, 15) is 4.79 Å². The molecule has 16 heavy (non-hydrogen) atoms. The van der Waals surface area contributed by atoms with Gasteiger partial charge in [0.25, 0.3) is 0 Å². The highest BCUT2D eigenvalue weighted by atomic mass is 35.5. The summed E-state index contributed by atoms with van der Waals surface area (Å²) in [6.45, 7) is 0.481. The zero-order chi connectivity index (χ0) is 11.1. The number of aromatic nitrogens is 1. The van der Waals surface area contributed by atoms with E-state index in [1.807, 2.05) is 35.0 Å². The zero-order valence-electron chi connectivity index (χ0n) is 8.82. The molecule has 1 heterocycles. The average molecular weight is 234 g/mol. The lowest BCUT2D eigenvalue weighted by atomic mass is 10.2. The van der Waals surface area contributed by atoms with Gasteiger partial charge in [0.1, 0.15) is 0 Å². The summed E-state index contributed by atoms with van der Waals surface area (Å²) in [4.78, 5) is 11.7. The monoisotopic (exact) mass is 233 g/mol. The van der Waals surface area contributed by atoms with Crippen LogP contribution in [0.25, 0.3) is 10.9 Å². The lowest BCUT2D eigenvalue weighted by molar-refractivity contribution is -0.120. The number of carbonyl (C=O) groups excluding carboxylic acids is 1. The second-order valence-electron chi connectivity index (χ2n) is 4.39. The summed E-state index contributed by atoms with van der Waals surface area (Å²) in [5, 5.41) is 1.85. The molecule has 1 saturated carbocycles. The van der Waals surface area contributed by atoms with Gasteiger partial charge in [-0.3, -0.25) is 4.79 Å². The van der Waals surface area contributed by atoms with Gasteiger partial charge in [0.05, 0.1) is 6.54 Å². The molecule has 0 spiro atoms. The molecule has 82 valence electrons. The van der Waals surface area contributed by atoms with Crippen LogP contribution in [0.15, 0.2) is 30.5 Å². The van der Waals surface area contributed by atoms with E-state index in [2.05, 4.69) is 0 Å². The van der Waals surface area contributed by atoms with Gasteiger partial charge in [0, 0.05) is 22.7 Å². The van der Waals surface area contributed by atoms with E-state index in [0.717, 1.165) is 23.7 Å². The molecule has 3 heteroatoms. The quantitative estimate of drug-likeness (QED) is 0.798. The van der Waals surface area contributed by atoms with Gasteiger partial charge < -0.3 is 4.57 Å². The lowest BCUT2D eigenvalue weighted by Crippen LogP contribution is -2.10. The molecule has 1 aromatic carbocycles. The molecule has 0 bridgehead atoms. The summed E-state index contributed by atoms with van der Waals surface area (Å²) in [5.41, 5.74) is 1.04. The first-order valence-electron chi connectivity index (χ1n) is 5.51. The van der Waals surface area contributed by atoms with Crippen molar-refractivity contribution < 1.29 is 4.79 Å². The molecule has 0 saturated heterocycles. The van der Waals surface area contributed by atoms with E-state index in [-0.39, 0.29) is 0 Å². The molecular weight excluding hydrogens is 222 g/mol. The van der Waals surface area contributed by atoms with E-state index in [1.165, 1.54) is 0 Å². The van der Waals surface area contributed by atoms with Crippen molar-refractivity contribution in [3.8, 4) is 0 Å². The van der Waals surface area contributed by atoms with E-state index in [0.29, 0.717) is 23.3 Å². The summed E-state index contributed by atoms with van der Waals surface area (Å²) in [6, 6.07) is 7.79. The Hall–Kier alpha value is -1.28. The van der Waals surface area contributed by atoms with Crippen LogP contribution in [0.1, 0.15) is 12.8 Å². The molecule has 1 aliphatic carbocycles. The van der Waals surface area contributed by atoms with Crippen LogP contribution in [0.5, 0.6) is 0 Å². The highest BCUT2D eigenvalue weighted by Gasteiger charge is 2.29. The Morgan fingerprint density at radius 3 is 2.94 bits per heavy atom. The van der Waals surface area contributed by atoms with Crippen molar-refractivity contribution >= 4 is 28.3 Å².